The Balaban J connectivity index is 1.70. The maximum absolute atomic E-state index is 12.9. The highest BCUT2D eigenvalue weighted by atomic mass is 32.2. The van der Waals surface area contributed by atoms with E-state index in [0.717, 1.165) is 25.4 Å². The first-order valence-corrected chi connectivity index (χ1v) is 9.25. The van der Waals surface area contributed by atoms with Crippen LogP contribution in [0.5, 0.6) is 0 Å². The fourth-order valence-corrected chi connectivity index (χ4v) is 6.82. The third kappa shape index (κ3) is 1.77. The van der Waals surface area contributed by atoms with Gasteiger partial charge in [-0.3, -0.25) is 4.90 Å². The van der Waals surface area contributed by atoms with Crippen LogP contribution in [0.4, 0.5) is 0 Å². The Bertz CT molecular complexity index is 598. The normalized spacial score (nSPS) is 37.0. The summed E-state index contributed by atoms with van der Waals surface area (Å²) in [4.78, 5) is 2.98. The first-order valence-electron chi connectivity index (χ1n) is 7.71. The molecule has 1 aliphatic carbocycles. The Labute approximate surface area is 120 Å². The van der Waals surface area contributed by atoms with Crippen molar-refractivity contribution >= 4 is 9.84 Å². The molecular formula is C16H21NO2S. The van der Waals surface area contributed by atoms with E-state index in [1.807, 2.05) is 18.2 Å². The highest BCUT2D eigenvalue weighted by Gasteiger charge is 2.54. The highest BCUT2D eigenvalue weighted by molar-refractivity contribution is 7.92. The van der Waals surface area contributed by atoms with Gasteiger partial charge in [-0.2, -0.15) is 0 Å². The van der Waals surface area contributed by atoms with Crippen LogP contribution in [0, 0.1) is 11.8 Å². The zero-order valence-electron chi connectivity index (χ0n) is 11.6. The van der Waals surface area contributed by atoms with Crippen LogP contribution in [-0.4, -0.2) is 37.7 Å². The van der Waals surface area contributed by atoms with Gasteiger partial charge in [0.2, 0.25) is 0 Å². The molecule has 1 saturated carbocycles. The van der Waals surface area contributed by atoms with Gasteiger partial charge in [-0.25, -0.2) is 8.42 Å². The van der Waals surface area contributed by atoms with E-state index in [1.165, 1.54) is 19.3 Å². The van der Waals surface area contributed by atoms with Gasteiger partial charge in [-0.1, -0.05) is 18.2 Å². The van der Waals surface area contributed by atoms with Gasteiger partial charge in [0.15, 0.2) is 9.84 Å². The topological polar surface area (TPSA) is 37.4 Å². The van der Waals surface area contributed by atoms with Crippen LogP contribution in [0.2, 0.25) is 0 Å². The van der Waals surface area contributed by atoms with E-state index >= 15 is 0 Å². The maximum atomic E-state index is 12.9. The lowest BCUT2D eigenvalue weighted by atomic mass is 9.91. The van der Waals surface area contributed by atoms with E-state index in [9.17, 15) is 8.42 Å². The molecule has 108 valence electrons. The Kier molecular flexibility index (Phi) is 2.93. The molecule has 2 saturated heterocycles. The third-order valence-electron chi connectivity index (χ3n) is 5.60. The second-order valence-corrected chi connectivity index (χ2v) is 8.69. The molecule has 0 aromatic heterocycles. The molecule has 0 radical (unpaired) electrons. The minimum Gasteiger partial charge on any atom is -0.298 e. The standard InChI is InChI=1S/C16H21NO2S/c18-20(19,13-6-2-1-3-7-13)15-11-17-10-4-5-12-8-9-14(15)16(12)17/h1-3,6-7,12,14-16H,4-5,8-11H2/t12-,14-,15+,16-/m1/s1. The minimum atomic E-state index is -3.17. The molecule has 0 unspecified atom stereocenters. The van der Waals surface area contributed by atoms with Crippen LogP contribution < -0.4 is 0 Å². The number of benzene rings is 1. The number of rotatable bonds is 2. The summed E-state index contributed by atoms with van der Waals surface area (Å²) in [6, 6.07) is 9.58. The molecule has 20 heavy (non-hydrogen) atoms. The first kappa shape index (κ1) is 12.8. The van der Waals surface area contributed by atoms with Gasteiger partial charge < -0.3 is 0 Å². The summed E-state index contributed by atoms with van der Waals surface area (Å²) < 4.78 is 25.9. The molecule has 0 amide bonds. The summed E-state index contributed by atoms with van der Waals surface area (Å²) in [6.45, 7) is 1.85. The Morgan fingerprint density at radius 3 is 2.65 bits per heavy atom. The predicted octanol–water partition coefficient (Wildman–Crippen LogP) is 2.33. The fourth-order valence-electron chi connectivity index (χ4n) is 4.79. The minimum absolute atomic E-state index is 0.182. The van der Waals surface area contributed by atoms with E-state index in [2.05, 4.69) is 4.90 Å². The summed E-state index contributed by atoms with van der Waals surface area (Å²) in [6.07, 6.45) is 4.87. The van der Waals surface area contributed by atoms with Gasteiger partial charge in [0.1, 0.15) is 0 Å². The lowest BCUT2D eigenvalue weighted by Crippen LogP contribution is -2.40. The fraction of sp³-hybridized carbons (Fsp3) is 0.625. The van der Waals surface area contributed by atoms with E-state index < -0.39 is 9.84 Å². The van der Waals surface area contributed by atoms with E-state index in [0.29, 0.717) is 16.9 Å². The molecule has 4 rings (SSSR count). The van der Waals surface area contributed by atoms with Crippen LogP contribution in [-0.2, 0) is 9.84 Å². The molecular weight excluding hydrogens is 270 g/mol. The van der Waals surface area contributed by atoms with Crippen LogP contribution in [0.3, 0.4) is 0 Å². The second kappa shape index (κ2) is 4.57. The van der Waals surface area contributed by atoms with Gasteiger partial charge in [-0.05, 0) is 56.2 Å². The van der Waals surface area contributed by atoms with Gasteiger partial charge in [0.25, 0.3) is 0 Å². The van der Waals surface area contributed by atoms with Gasteiger partial charge in [0, 0.05) is 12.6 Å². The second-order valence-electron chi connectivity index (χ2n) is 6.53. The van der Waals surface area contributed by atoms with Crippen LogP contribution in [0.1, 0.15) is 25.7 Å². The highest BCUT2D eigenvalue weighted by Crippen LogP contribution is 2.48. The van der Waals surface area contributed by atoms with Crippen molar-refractivity contribution in [3.05, 3.63) is 30.3 Å². The first-order chi connectivity index (χ1) is 9.68. The number of sulfone groups is 1. The summed E-state index contributed by atoms with van der Waals surface area (Å²) in [5, 5.41) is -0.182. The molecule has 3 nitrogen and oxygen atoms in total. The predicted molar refractivity (Wildman–Crippen MR) is 78.2 cm³/mol. The summed E-state index contributed by atoms with van der Waals surface area (Å²) in [7, 11) is -3.17. The molecule has 0 N–H and O–H groups in total. The molecule has 4 atom stereocenters. The Hall–Kier alpha value is -0.870. The summed E-state index contributed by atoms with van der Waals surface area (Å²) in [5.74, 6) is 1.12. The molecule has 1 aromatic rings. The number of hydrogen-bond acceptors (Lipinski definition) is 3. The molecule has 3 aliphatic rings. The van der Waals surface area contributed by atoms with Crippen molar-refractivity contribution in [2.24, 2.45) is 11.8 Å². The zero-order chi connectivity index (χ0) is 13.7. The van der Waals surface area contributed by atoms with Gasteiger partial charge >= 0.3 is 0 Å². The van der Waals surface area contributed by atoms with Crippen molar-refractivity contribution in [2.75, 3.05) is 13.1 Å². The van der Waals surface area contributed by atoms with Crippen molar-refractivity contribution in [1.82, 2.24) is 4.90 Å². The Morgan fingerprint density at radius 2 is 1.85 bits per heavy atom. The maximum Gasteiger partial charge on any atom is 0.182 e. The van der Waals surface area contributed by atoms with Crippen molar-refractivity contribution in [3.8, 4) is 0 Å². The van der Waals surface area contributed by atoms with Crippen molar-refractivity contribution < 1.29 is 8.42 Å². The zero-order valence-corrected chi connectivity index (χ0v) is 12.4. The molecule has 2 aliphatic heterocycles. The average Bonchev–Trinajstić information content (AvgIpc) is 3.06. The molecule has 2 heterocycles. The van der Waals surface area contributed by atoms with Crippen molar-refractivity contribution in [2.45, 2.75) is 41.9 Å². The largest absolute Gasteiger partial charge is 0.298 e. The van der Waals surface area contributed by atoms with Crippen molar-refractivity contribution in [1.29, 1.82) is 0 Å². The smallest absolute Gasteiger partial charge is 0.182 e. The third-order valence-corrected chi connectivity index (χ3v) is 7.82. The number of nitrogens with zero attached hydrogens (tertiary/aromatic N) is 1. The quantitative estimate of drug-likeness (QED) is 0.839. The number of piperidine rings is 1. The van der Waals surface area contributed by atoms with E-state index in [4.69, 9.17) is 0 Å². The molecule has 3 fully saturated rings. The van der Waals surface area contributed by atoms with Crippen LogP contribution in [0.25, 0.3) is 0 Å². The van der Waals surface area contributed by atoms with E-state index in [-0.39, 0.29) is 5.25 Å². The van der Waals surface area contributed by atoms with Crippen LogP contribution >= 0.6 is 0 Å². The Morgan fingerprint density at radius 1 is 1.05 bits per heavy atom. The van der Waals surface area contributed by atoms with E-state index in [1.54, 1.807) is 12.1 Å². The molecule has 1 aromatic carbocycles. The molecule has 0 spiro atoms. The molecule has 4 heteroatoms. The number of hydrogen-bond donors (Lipinski definition) is 0. The van der Waals surface area contributed by atoms with Crippen molar-refractivity contribution in [3.63, 3.8) is 0 Å². The van der Waals surface area contributed by atoms with Gasteiger partial charge in [-0.15, -0.1) is 0 Å². The lowest BCUT2D eigenvalue weighted by molar-refractivity contribution is 0.141. The average molecular weight is 291 g/mol. The lowest BCUT2D eigenvalue weighted by Gasteiger charge is -2.34. The summed E-state index contributed by atoms with van der Waals surface area (Å²) >= 11 is 0. The van der Waals surface area contributed by atoms with Gasteiger partial charge in [0.05, 0.1) is 10.1 Å². The SMILES string of the molecule is O=S(=O)(c1ccccc1)[C@H]1CN2CCC[C@@H]3CC[C@H]1[C@@H]32. The monoisotopic (exact) mass is 291 g/mol. The molecule has 0 bridgehead atoms. The van der Waals surface area contributed by atoms with Crippen LogP contribution in [0.15, 0.2) is 35.2 Å². The summed E-state index contributed by atoms with van der Waals surface area (Å²) in [5.41, 5.74) is 0.